The zero-order valence-electron chi connectivity index (χ0n) is 5.83. The molecule has 0 N–H and O–H groups in total. The minimum Gasteiger partial charge on any atom is -0.166 e. The first kappa shape index (κ1) is 10.4. The van der Waals surface area contributed by atoms with Gasteiger partial charge in [-0.25, -0.2) is 0 Å². The lowest BCUT2D eigenvalue weighted by molar-refractivity contribution is -0.0886. The molecule has 0 spiro atoms. The molecule has 1 atom stereocenters. The van der Waals surface area contributed by atoms with Gasteiger partial charge in [0.1, 0.15) is 2.88 Å². The number of rotatable bonds is 0. The summed E-state index contributed by atoms with van der Waals surface area (Å²) < 4.78 is 35.4. The fourth-order valence-corrected chi connectivity index (χ4v) is 1.34. The Balaban J connectivity index is 2.78. The molecule has 0 aliphatic heterocycles. The van der Waals surface area contributed by atoms with E-state index in [1.165, 1.54) is 6.08 Å². The zero-order chi connectivity index (χ0) is 9.41. The van der Waals surface area contributed by atoms with Crippen molar-refractivity contribution in [2.24, 2.45) is 0 Å². The summed E-state index contributed by atoms with van der Waals surface area (Å²) in [4.78, 5) is 0. The molecule has 1 unspecified atom stereocenters. The van der Waals surface area contributed by atoms with Crippen molar-refractivity contribution in [3.8, 4) is 0 Å². The Morgan fingerprint density at radius 1 is 1.50 bits per heavy atom. The maximum Gasteiger partial charge on any atom is 0.416 e. The van der Waals surface area contributed by atoms with E-state index in [-0.39, 0.29) is 6.42 Å². The Morgan fingerprint density at radius 2 is 2.08 bits per heavy atom. The highest BCUT2D eigenvalue weighted by Crippen LogP contribution is 2.38. The third-order valence-electron chi connectivity index (χ3n) is 1.43. The summed E-state index contributed by atoms with van der Waals surface area (Å²) >= 11 is 7.67. The van der Waals surface area contributed by atoms with Crippen LogP contribution in [0.5, 0.6) is 0 Å². The minimum absolute atomic E-state index is 0.209. The van der Waals surface area contributed by atoms with E-state index in [4.69, 9.17) is 11.6 Å². The third-order valence-corrected chi connectivity index (χ3v) is 2.51. The Morgan fingerprint density at radius 3 is 2.42 bits per heavy atom. The second-order valence-electron chi connectivity index (χ2n) is 2.46. The van der Waals surface area contributed by atoms with E-state index in [0.29, 0.717) is 0 Å². The summed E-state index contributed by atoms with van der Waals surface area (Å²) in [7, 11) is 0. The van der Waals surface area contributed by atoms with Crippen molar-refractivity contribution in [2.45, 2.75) is 15.5 Å². The van der Waals surface area contributed by atoms with Crippen molar-refractivity contribution in [3.63, 3.8) is 0 Å². The Labute approximate surface area is 86.6 Å². The molecular weight excluding hydrogens is 303 g/mol. The van der Waals surface area contributed by atoms with Crippen molar-refractivity contribution in [1.82, 2.24) is 0 Å². The van der Waals surface area contributed by atoms with E-state index in [1.54, 1.807) is 0 Å². The molecule has 0 saturated carbocycles. The fraction of sp³-hybridized carbons (Fsp3) is 0.429. The average Bonchev–Trinajstić information content (AvgIpc) is 1.83. The molecule has 0 radical (unpaired) electrons. The molecule has 1 aliphatic carbocycles. The van der Waals surface area contributed by atoms with E-state index < -0.39 is 14.6 Å². The predicted octanol–water partition coefficient (Wildman–Crippen LogP) is 3.81. The van der Waals surface area contributed by atoms with Crippen LogP contribution in [0.15, 0.2) is 23.8 Å². The van der Waals surface area contributed by atoms with Crippen molar-refractivity contribution in [2.75, 3.05) is 0 Å². The Bertz CT molecular complexity index is 240. The van der Waals surface area contributed by atoms with Gasteiger partial charge < -0.3 is 0 Å². The van der Waals surface area contributed by atoms with Crippen molar-refractivity contribution >= 4 is 34.2 Å². The molecule has 1 rings (SSSR count). The lowest BCUT2D eigenvalue weighted by Crippen LogP contribution is -2.17. The van der Waals surface area contributed by atoms with Crippen molar-refractivity contribution in [1.29, 1.82) is 0 Å². The molecule has 0 aromatic carbocycles. The van der Waals surface area contributed by atoms with E-state index >= 15 is 0 Å². The van der Waals surface area contributed by atoms with Crippen LogP contribution in [0.3, 0.4) is 0 Å². The maximum atomic E-state index is 12.0. The summed E-state index contributed by atoms with van der Waals surface area (Å²) in [5, 5.41) is 0. The topological polar surface area (TPSA) is 0 Å². The molecule has 0 fully saturated rings. The maximum absolute atomic E-state index is 12.0. The lowest BCUT2D eigenvalue weighted by atomic mass is 10.1. The molecule has 1 aliphatic rings. The van der Waals surface area contributed by atoms with Crippen molar-refractivity contribution in [3.05, 3.63) is 23.8 Å². The summed E-state index contributed by atoms with van der Waals surface area (Å²) in [6, 6.07) is 0. The van der Waals surface area contributed by atoms with Crippen LogP contribution in [-0.4, -0.2) is 9.06 Å². The number of alkyl halides is 5. The van der Waals surface area contributed by atoms with Gasteiger partial charge in [0, 0.05) is 0 Å². The molecule has 0 bridgehead atoms. The first-order chi connectivity index (χ1) is 5.31. The van der Waals surface area contributed by atoms with E-state index in [0.717, 1.165) is 12.2 Å². The van der Waals surface area contributed by atoms with Gasteiger partial charge in [-0.3, -0.25) is 0 Å². The number of allylic oxidation sites excluding steroid dienone is 4. The molecule has 5 heteroatoms. The van der Waals surface area contributed by atoms with Crippen molar-refractivity contribution < 1.29 is 13.2 Å². The second-order valence-corrected chi connectivity index (χ2v) is 5.69. The van der Waals surface area contributed by atoms with E-state index in [9.17, 15) is 13.2 Å². The third kappa shape index (κ3) is 2.65. The molecule has 0 nitrogen and oxygen atoms in total. The van der Waals surface area contributed by atoms with Gasteiger partial charge in [0.2, 0.25) is 0 Å². The first-order valence-corrected chi connectivity index (χ1v) is 4.61. The standard InChI is InChI=1S/C7H5ClF3I/c8-6(12)3-1-5(2-4-6)7(9,10)11/h1-3H,4H2. The van der Waals surface area contributed by atoms with Crippen LogP contribution in [-0.2, 0) is 0 Å². The Hall–Kier alpha value is 0.290. The van der Waals surface area contributed by atoms with Gasteiger partial charge in [-0.05, 0) is 6.42 Å². The number of halogens is 5. The van der Waals surface area contributed by atoms with Crippen LogP contribution in [0.25, 0.3) is 0 Å². The van der Waals surface area contributed by atoms with Gasteiger partial charge in [-0.15, -0.1) is 11.6 Å². The van der Waals surface area contributed by atoms with Gasteiger partial charge in [0.05, 0.1) is 5.57 Å². The average molecular weight is 308 g/mol. The molecule has 12 heavy (non-hydrogen) atoms. The molecule has 0 heterocycles. The highest BCUT2D eigenvalue weighted by Gasteiger charge is 2.35. The molecular formula is C7H5ClF3I. The van der Waals surface area contributed by atoms with Crippen LogP contribution in [0, 0.1) is 0 Å². The first-order valence-electron chi connectivity index (χ1n) is 3.16. The summed E-state index contributed by atoms with van der Waals surface area (Å²) in [6.07, 6.45) is -0.554. The van der Waals surface area contributed by atoms with Crippen LogP contribution < -0.4 is 0 Å². The van der Waals surface area contributed by atoms with Gasteiger partial charge in [0.15, 0.2) is 0 Å². The molecule has 68 valence electrons. The minimum atomic E-state index is -4.25. The Kier molecular flexibility index (Phi) is 2.78. The summed E-state index contributed by atoms with van der Waals surface area (Å²) in [5.74, 6) is 0. The van der Waals surface area contributed by atoms with Crippen LogP contribution in [0.1, 0.15) is 6.42 Å². The van der Waals surface area contributed by atoms with E-state index in [1.807, 2.05) is 22.6 Å². The SMILES string of the molecule is FC(F)(F)C1=CCC(Cl)(I)C=C1. The highest BCUT2D eigenvalue weighted by molar-refractivity contribution is 14.1. The predicted molar refractivity (Wildman–Crippen MR) is 50.5 cm³/mol. The smallest absolute Gasteiger partial charge is 0.166 e. The van der Waals surface area contributed by atoms with Gasteiger partial charge in [-0.1, -0.05) is 40.8 Å². The summed E-state index contributed by atoms with van der Waals surface area (Å²) in [5.41, 5.74) is -0.615. The van der Waals surface area contributed by atoms with Gasteiger partial charge >= 0.3 is 6.18 Å². The normalized spacial score (nSPS) is 30.2. The van der Waals surface area contributed by atoms with Crippen LogP contribution in [0.4, 0.5) is 13.2 Å². The van der Waals surface area contributed by atoms with Gasteiger partial charge in [-0.2, -0.15) is 13.2 Å². The molecule has 0 saturated heterocycles. The zero-order valence-corrected chi connectivity index (χ0v) is 8.74. The van der Waals surface area contributed by atoms with Gasteiger partial charge in [0.25, 0.3) is 0 Å². The lowest BCUT2D eigenvalue weighted by Gasteiger charge is -2.19. The fourth-order valence-electron chi connectivity index (χ4n) is 0.804. The monoisotopic (exact) mass is 308 g/mol. The quantitative estimate of drug-likeness (QED) is 0.471. The molecule has 0 aromatic heterocycles. The molecule has 0 aromatic rings. The highest BCUT2D eigenvalue weighted by atomic mass is 127. The number of hydrogen-bond acceptors (Lipinski definition) is 0. The largest absolute Gasteiger partial charge is 0.416 e. The van der Waals surface area contributed by atoms with Crippen LogP contribution >= 0.6 is 34.2 Å². The molecule has 0 amide bonds. The number of hydrogen-bond donors (Lipinski definition) is 0. The van der Waals surface area contributed by atoms with Crippen LogP contribution in [0.2, 0.25) is 0 Å². The van der Waals surface area contributed by atoms with E-state index in [2.05, 4.69) is 0 Å². The summed E-state index contributed by atoms with van der Waals surface area (Å²) in [6.45, 7) is 0. The second kappa shape index (κ2) is 3.21.